The summed E-state index contributed by atoms with van der Waals surface area (Å²) in [6.07, 6.45) is -0.136. The van der Waals surface area contributed by atoms with Crippen molar-refractivity contribution in [2.45, 2.75) is 6.42 Å². The van der Waals surface area contributed by atoms with Crippen molar-refractivity contribution >= 4 is 0 Å². The number of benzene rings is 1. The number of nitrogens with zero attached hydrogens (tertiary/aromatic N) is 1. The minimum Gasteiger partial charge on any atom is -0.508 e. The van der Waals surface area contributed by atoms with E-state index in [9.17, 15) is 8.78 Å². The summed E-state index contributed by atoms with van der Waals surface area (Å²) < 4.78 is 24.9. The number of aromatic hydroxyl groups is 1. The van der Waals surface area contributed by atoms with E-state index in [4.69, 9.17) is 10.4 Å². The lowest BCUT2D eigenvalue weighted by Crippen LogP contribution is -1.89. The van der Waals surface area contributed by atoms with Crippen LogP contribution in [-0.4, -0.2) is 5.11 Å². The van der Waals surface area contributed by atoms with Crippen LogP contribution in [0.25, 0.3) is 0 Å². The van der Waals surface area contributed by atoms with Gasteiger partial charge in [-0.25, -0.2) is 8.78 Å². The molecule has 1 N–H and O–H groups in total. The van der Waals surface area contributed by atoms with Crippen LogP contribution < -0.4 is 0 Å². The van der Waals surface area contributed by atoms with Crippen molar-refractivity contribution in [2.24, 2.45) is 0 Å². The van der Waals surface area contributed by atoms with E-state index in [-0.39, 0.29) is 12.0 Å². The predicted octanol–water partition coefficient (Wildman–Crippen LogP) is 1.74. The number of nitriles is 1. The van der Waals surface area contributed by atoms with Gasteiger partial charge in [0.05, 0.1) is 12.5 Å². The van der Waals surface area contributed by atoms with Gasteiger partial charge in [0.15, 0.2) is 11.6 Å². The van der Waals surface area contributed by atoms with Crippen LogP contribution in [0.4, 0.5) is 8.78 Å². The zero-order valence-corrected chi connectivity index (χ0v) is 6.01. The molecule has 0 aliphatic rings. The van der Waals surface area contributed by atoms with E-state index in [0.717, 1.165) is 6.07 Å². The summed E-state index contributed by atoms with van der Waals surface area (Å²) in [6.45, 7) is 0. The minimum absolute atomic E-state index is 0.0939. The lowest BCUT2D eigenvalue weighted by molar-refractivity contribution is 0.449. The van der Waals surface area contributed by atoms with Crippen LogP contribution in [0.15, 0.2) is 12.1 Å². The summed E-state index contributed by atoms with van der Waals surface area (Å²) >= 11 is 0. The molecule has 1 aromatic carbocycles. The number of rotatable bonds is 1. The molecule has 0 atom stereocenters. The molecular formula is C8H5F2NO. The highest BCUT2D eigenvalue weighted by molar-refractivity contribution is 5.35. The maximum atomic E-state index is 12.5. The number of phenols is 1. The summed E-state index contributed by atoms with van der Waals surface area (Å²) in [5.41, 5.74) is 0.0939. The van der Waals surface area contributed by atoms with Gasteiger partial charge in [-0.05, 0) is 6.07 Å². The first-order chi connectivity index (χ1) is 5.65. The molecule has 1 aromatic rings. The Labute approximate surface area is 67.7 Å². The predicted molar refractivity (Wildman–Crippen MR) is 37.3 cm³/mol. The van der Waals surface area contributed by atoms with Crippen molar-refractivity contribution in [3.63, 3.8) is 0 Å². The molecule has 1 rings (SSSR count). The molecule has 0 bridgehead atoms. The van der Waals surface area contributed by atoms with Crippen molar-refractivity contribution in [1.29, 1.82) is 5.26 Å². The van der Waals surface area contributed by atoms with Gasteiger partial charge in [-0.2, -0.15) is 5.26 Å². The van der Waals surface area contributed by atoms with Gasteiger partial charge in [-0.1, -0.05) is 0 Å². The summed E-state index contributed by atoms with van der Waals surface area (Å²) in [7, 11) is 0. The van der Waals surface area contributed by atoms with Crippen LogP contribution in [0.5, 0.6) is 5.75 Å². The SMILES string of the molecule is N#CCc1cc(F)c(F)cc1O. The average Bonchev–Trinajstić information content (AvgIpc) is 2.01. The summed E-state index contributed by atoms with van der Waals surface area (Å²) in [6, 6.07) is 3.19. The number of hydrogen-bond donors (Lipinski definition) is 1. The monoisotopic (exact) mass is 169 g/mol. The van der Waals surface area contributed by atoms with Crippen LogP contribution in [0, 0.1) is 23.0 Å². The molecule has 0 amide bonds. The molecule has 12 heavy (non-hydrogen) atoms. The second-order valence-electron chi connectivity index (χ2n) is 2.23. The van der Waals surface area contributed by atoms with Crippen molar-refractivity contribution in [1.82, 2.24) is 0 Å². The van der Waals surface area contributed by atoms with Gasteiger partial charge < -0.3 is 5.11 Å². The molecule has 0 unspecified atom stereocenters. The maximum Gasteiger partial charge on any atom is 0.162 e. The highest BCUT2D eigenvalue weighted by Gasteiger charge is 2.07. The third kappa shape index (κ3) is 1.51. The van der Waals surface area contributed by atoms with E-state index >= 15 is 0 Å². The number of hydrogen-bond acceptors (Lipinski definition) is 2. The Hall–Kier alpha value is -1.63. The lowest BCUT2D eigenvalue weighted by Gasteiger charge is -1.99. The first kappa shape index (κ1) is 8.47. The lowest BCUT2D eigenvalue weighted by atomic mass is 10.1. The van der Waals surface area contributed by atoms with Crippen LogP contribution in [0.1, 0.15) is 5.56 Å². The van der Waals surface area contributed by atoms with E-state index in [1.165, 1.54) is 0 Å². The van der Waals surface area contributed by atoms with Gasteiger partial charge in [0.25, 0.3) is 0 Å². The third-order valence-electron chi connectivity index (χ3n) is 1.39. The molecule has 0 saturated heterocycles. The molecule has 0 heterocycles. The Morgan fingerprint density at radius 2 is 1.92 bits per heavy atom. The second-order valence-corrected chi connectivity index (χ2v) is 2.23. The van der Waals surface area contributed by atoms with Gasteiger partial charge in [0, 0.05) is 11.6 Å². The molecular weight excluding hydrogens is 164 g/mol. The van der Waals surface area contributed by atoms with Gasteiger partial charge >= 0.3 is 0 Å². The zero-order valence-electron chi connectivity index (χ0n) is 6.01. The molecule has 0 aliphatic carbocycles. The van der Waals surface area contributed by atoms with Gasteiger partial charge in [0.2, 0.25) is 0 Å². The molecule has 0 spiro atoms. The average molecular weight is 169 g/mol. The first-order valence-electron chi connectivity index (χ1n) is 3.19. The van der Waals surface area contributed by atoms with E-state index in [1.807, 2.05) is 0 Å². The molecule has 0 saturated carbocycles. The number of halogens is 2. The highest BCUT2D eigenvalue weighted by Crippen LogP contribution is 2.20. The van der Waals surface area contributed by atoms with Crippen LogP contribution in [0.3, 0.4) is 0 Å². The van der Waals surface area contributed by atoms with Crippen molar-refractivity contribution in [2.75, 3.05) is 0 Å². The fourth-order valence-electron chi connectivity index (χ4n) is 0.804. The normalized spacial score (nSPS) is 9.42. The summed E-state index contributed by atoms with van der Waals surface area (Å²) in [5.74, 6) is -2.57. The fraction of sp³-hybridized carbons (Fsp3) is 0.125. The summed E-state index contributed by atoms with van der Waals surface area (Å²) in [4.78, 5) is 0. The third-order valence-corrected chi connectivity index (χ3v) is 1.39. The molecule has 0 radical (unpaired) electrons. The Kier molecular flexibility index (Phi) is 2.24. The molecule has 0 fully saturated rings. The quantitative estimate of drug-likeness (QED) is 0.695. The van der Waals surface area contributed by atoms with E-state index in [1.54, 1.807) is 6.07 Å². The minimum atomic E-state index is -1.12. The van der Waals surface area contributed by atoms with E-state index < -0.39 is 17.4 Å². The fourth-order valence-corrected chi connectivity index (χ4v) is 0.804. The Bertz CT molecular complexity index is 344. The Morgan fingerprint density at radius 1 is 1.33 bits per heavy atom. The van der Waals surface area contributed by atoms with Crippen molar-refractivity contribution in [3.8, 4) is 11.8 Å². The van der Waals surface area contributed by atoms with Crippen LogP contribution >= 0.6 is 0 Å². The second kappa shape index (κ2) is 3.18. The first-order valence-corrected chi connectivity index (χ1v) is 3.19. The van der Waals surface area contributed by atoms with E-state index in [2.05, 4.69) is 0 Å². The van der Waals surface area contributed by atoms with E-state index in [0.29, 0.717) is 6.07 Å². The standard InChI is InChI=1S/C8H5F2NO/c9-6-3-5(1-2-11)8(12)4-7(6)10/h3-4,12H,1H2. The van der Waals surface area contributed by atoms with Gasteiger partial charge in [0.1, 0.15) is 5.75 Å². The highest BCUT2D eigenvalue weighted by atomic mass is 19.2. The molecule has 62 valence electrons. The van der Waals surface area contributed by atoms with Crippen LogP contribution in [0.2, 0.25) is 0 Å². The van der Waals surface area contributed by atoms with Crippen molar-refractivity contribution < 1.29 is 13.9 Å². The molecule has 2 nitrogen and oxygen atoms in total. The number of phenolic OH excluding ortho intramolecular Hbond substituents is 1. The molecule has 4 heteroatoms. The smallest absolute Gasteiger partial charge is 0.162 e. The van der Waals surface area contributed by atoms with Gasteiger partial charge in [-0.3, -0.25) is 0 Å². The van der Waals surface area contributed by atoms with Crippen LogP contribution in [-0.2, 0) is 6.42 Å². The summed E-state index contributed by atoms with van der Waals surface area (Å²) in [5, 5.41) is 17.2. The van der Waals surface area contributed by atoms with Gasteiger partial charge in [-0.15, -0.1) is 0 Å². The largest absolute Gasteiger partial charge is 0.508 e. The molecule has 0 aromatic heterocycles. The maximum absolute atomic E-state index is 12.5. The Morgan fingerprint density at radius 3 is 2.50 bits per heavy atom. The Balaban J connectivity index is 3.16. The topological polar surface area (TPSA) is 44.0 Å². The van der Waals surface area contributed by atoms with Crippen molar-refractivity contribution in [3.05, 3.63) is 29.3 Å². The zero-order chi connectivity index (χ0) is 9.14. The molecule has 0 aliphatic heterocycles.